The second-order valence-electron chi connectivity index (χ2n) is 4.64. The predicted molar refractivity (Wildman–Crippen MR) is 67.4 cm³/mol. The zero-order chi connectivity index (χ0) is 11.6. The van der Waals surface area contributed by atoms with E-state index in [0.717, 1.165) is 38.6 Å². The quantitative estimate of drug-likeness (QED) is 0.386. The van der Waals surface area contributed by atoms with Crippen LogP contribution in [0.2, 0.25) is 0 Å². The molecular weight excluding hydrogens is 186 g/mol. The third kappa shape index (κ3) is 10.2. The zero-order valence-electron chi connectivity index (χ0n) is 10.3. The Morgan fingerprint density at radius 3 is 1.87 bits per heavy atom. The van der Waals surface area contributed by atoms with Gasteiger partial charge >= 0.3 is 0 Å². The molecule has 0 aromatic carbocycles. The lowest BCUT2D eigenvalue weighted by molar-refractivity contribution is 0.348. The van der Waals surface area contributed by atoms with Crippen LogP contribution in [0.1, 0.15) is 64.7 Å². The fourth-order valence-corrected chi connectivity index (χ4v) is 1.78. The van der Waals surface area contributed by atoms with Crippen molar-refractivity contribution >= 4 is 0 Å². The van der Waals surface area contributed by atoms with E-state index in [9.17, 15) is 0 Å². The van der Waals surface area contributed by atoms with Crippen LogP contribution in [0.15, 0.2) is 0 Å². The molecule has 92 valence electrons. The third-order valence-corrected chi connectivity index (χ3v) is 2.84. The van der Waals surface area contributed by atoms with Crippen molar-refractivity contribution in [3.8, 4) is 0 Å². The molecule has 0 fully saturated rings. The number of hydrogen-bond donors (Lipinski definition) is 3. The van der Waals surface area contributed by atoms with Crippen molar-refractivity contribution in [2.24, 2.45) is 17.2 Å². The topological polar surface area (TPSA) is 78.1 Å². The molecule has 0 aromatic heterocycles. The van der Waals surface area contributed by atoms with Crippen molar-refractivity contribution in [1.29, 1.82) is 0 Å². The second-order valence-corrected chi connectivity index (χ2v) is 4.64. The number of hydrogen-bond acceptors (Lipinski definition) is 3. The van der Waals surface area contributed by atoms with Gasteiger partial charge in [0.15, 0.2) is 0 Å². The fraction of sp³-hybridized carbons (Fsp3) is 1.00. The van der Waals surface area contributed by atoms with Crippen LogP contribution in [0.25, 0.3) is 0 Å². The molecule has 0 saturated heterocycles. The van der Waals surface area contributed by atoms with E-state index in [0.29, 0.717) is 0 Å². The average Bonchev–Trinajstić information content (AvgIpc) is 2.17. The van der Waals surface area contributed by atoms with Gasteiger partial charge in [0, 0.05) is 0 Å². The van der Waals surface area contributed by atoms with Gasteiger partial charge in [-0.25, -0.2) is 0 Å². The van der Waals surface area contributed by atoms with Crippen LogP contribution < -0.4 is 17.2 Å². The van der Waals surface area contributed by atoms with Crippen LogP contribution in [0.3, 0.4) is 0 Å². The third-order valence-electron chi connectivity index (χ3n) is 2.84. The van der Waals surface area contributed by atoms with Gasteiger partial charge < -0.3 is 17.2 Å². The Hall–Kier alpha value is -0.120. The SMILES string of the molecule is CCCCCC(N)(N)CCCCCCN. The van der Waals surface area contributed by atoms with Gasteiger partial charge in [0.1, 0.15) is 0 Å². The Kier molecular flexibility index (Phi) is 9.06. The summed E-state index contributed by atoms with van der Waals surface area (Å²) in [6.07, 6.45) is 10.2. The molecule has 0 heterocycles. The molecular formula is C12H29N3. The van der Waals surface area contributed by atoms with E-state index >= 15 is 0 Å². The summed E-state index contributed by atoms with van der Waals surface area (Å²) < 4.78 is 0. The molecule has 0 bridgehead atoms. The van der Waals surface area contributed by atoms with Crippen LogP contribution in [-0.4, -0.2) is 12.2 Å². The van der Waals surface area contributed by atoms with Gasteiger partial charge in [0.25, 0.3) is 0 Å². The van der Waals surface area contributed by atoms with Gasteiger partial charge in [-0.3, -0.25) is 0 Å². The monoisotopic (exact) mass is 215 g/mol. The van der Waals surface area contributed by atoms with Crippen molar-refractivity contribution in [1.82, 2.24) is 0 Å². The standard InChI is InChI=1S/C12H29N3/c1-2-3-6-9-12(14,15)10-7-4-5-8-11-13/h2-11,13-15H2,1H3. The van der Waals surface area contributed by atoms with E-state index in [1.54, 1.807) is 0 Å². The molecule has 0 amide bonds. The van der Waals surface area contributed by atoms with E-state index in [4.69, 9.17) is 17.2 Å². The number of rotatable bonds is 10. The van der Waals surface area contributed by atoms with Crippen LogP contribution in [0.4, 0.5) is 0 Å². The second kappa shape index (κ2) is 9.13. The average molecular weight is 215 g/mol. The van der Waals surface area contributed by atoms with Gasteiger partial charge in [-0.1, -0.05) is 45.4 Å². The van der Waals surface area contributed by atoms with Gasteiger partial charge in [-0.05, 0) is 25.8 Å². The maximum atomic E-state index is 6.03. The molecule has 6 N–H and O–H groups in total. The van der Waals surface area contributed by atoms with E-state index in [2.05, 4.69) is 6.92 Å². The molecule has 0 aliphatic carbocycles. The fourth-order valence-electron chi connectivity index (χ4n) is 1.78. The predicted octanol–water partition coefficient (Wildman–Crippen LogP) is 2.09. The zero-order valence-corrected chi connectivity index (χ0v) is 10.3. The van der Waals surface area contributed by atoms with Gasteiger partial charge in [-0.15, -0.1) is 0 Å². The molecule has 0 rings (SSSR count). The molecule has 0 unspecified atom stereocenters. The van der Waals surface area contributed by atoms with Gasteiger partial charge in [-0.2, -0.15) is 0 Å². The van der Waals surface area contributed by atoms with Crippen LogP contribution in [-0.2, 0) is 0 Å². The lowest BCUT2D eigenvalue weighted by atomic mass is 9.96. The number of unbranched alkanes of at least 4 members (excludes halogenated alkanes) is 5. The highest BCUT2D eigenvalue weighted by atomic mass is 14.9. The lowest BCUT2D eigenvalue weighted by Crippen LogP contribution is -2.49. The van der Waals surface area contributed by atoms with Crippen molar-refractivity contribution in [2.45, 2.75) is 70.4 Å². The minimum Gasteiger partial charge on any atom is -0.330 e. The Morgan fingerprint density at radius 2 is 1.33 bits per heavy atom. The highest BCUT2D eigenvalue weighted by molar-refractivity contribution is 4.76. The van der Waals surface area contributed by atoms with E-state index in [1.165, 1.54) is 25.7 Å². The highest BCUT2D eigenvalue weighted by Crippen LogP contribution is 2.15. The Morgan fingerprint density at radius 1 is 0.800 bits per heavy atom. The summed E-state index contributed by atoms with van der Waals surface area (Å²) in [6, 6.07) is 0. The summed E-state index contributed by atoms with van der Waals surface area (Å²) in [7, 11) is 0. The maximum absolute atomic E-state index is 6.03. The Balaban J connectivity index is 3.38. The molecule has 0 aliphatic heterocycles. The smallest absolute Gasteiger partial charge is 0.0636 e. The molecule has 3 heteroatoms. The van der Waals surface area contributed by atoms with Crippen molar-refractivity contribution in [3.63, 3.8) is 0 Å². The summed E-state index contributed by atoms with van der Waals surface area (Å²) in [5.41, 5.74) is 17.0. The summed E-state index contributed by atoms with van der Waals surface area (Å²) in [5.74, 6) is 0. The highest BCUT2D eigenvalue weighted by Gasteiger charge is 2.17. The van der Waals surface area contributed by atoms with Crippen molar-refractivity contribution < 1.29 is 0 Å². The molecule has 0 saturated carbocycles. The number of nitrogens with two attached hydrogens (primary N) is 3. The van der Waals surface area contributed by atoms with Crippen LogP contribution >= 0.6 is 0 Å². The van der Waals surface area contributed by atoms with Crippen molar-refractivity contribution in [2.75, 3.05) is 6.54 Å². The largest absolute Gasteiger partial charge is 0.330 e. The molecule has 0 atom stereocenters. The Labute approximate surface area is 94.8 Å². The van der Waals surface area contributed by atoms with Crippen molar-refractivity contribution in [3.05, 3.63) is 0 Å². The Bertz CT molecular complexity index is 135. The normalized spacial score (nSPS) is 12.0. The van der Waals surface area contributed by atoms with Crippen LogP contribution in [0, 0.1) is 0 Å². The maximum Gasteiger partial charge on any atom is 0.0636 e. The summed E-state index contributed by atoms with van der Waals surface area (Å²) in [4.78, 5) is 0. The lowest BCUT2D eigenvalue weighted by Gasteiger charge is -2.24. The molecule has 3 nitrogen and oxygen atoms in total. The molecule has 0 aliphatic rings. The summed E-state index contributed by atoms with van der Waals surface area (Å²) in [6.45, 7) is 2.99. The molecule has 0 spiro atoms. The minimum absolute atomic E-state index is 0.433. The molecule has 0 radical (unpaired) electrons. The van der Waals surface area contributed by atoms with E-state index in [1.807, 2.05) is 0 Å². The van der Waals surface area contributed by atoms with E-state index in [-0.39, 0.29) is 0 Å². The minimum atomic E-state index is -0.433. The van der Waals surface area contributed by atoms with Gasteiger partial charge in [0.05, 0.1) is 5.66 Å². The molecule has 0 aromatic rings. The first-order chi connectivity index (χ1) is 7.12. The summed E-state index contributed by atoms with van der Waals surface area (Å²) in [5, 5.41) is 0. The van der Waals surface area contributed by atoms with Crippen LogP contribution in [0.5, 0.6) is 0 Å². The van der Waals surface area contributed by atoms with Gasteiger partial charge in [0.2, 0.25) is 0 Å². The first-order valence-electron chi connectivity index (χ1n) is 6.40. The molecule has 15 heavy (non-hydrogen) atoms. The first kappa shape index (κ1) is 14.9. The summed E-state index contributed by atoms with van der Waals surface area (Å²) >= 11 is 0. The van der Waals surface area contributed by atoms with E-state index < -0.39 is 5.66 Å². The first-order valence-corrected chi connectivity index (χ1v) is 6.40.